The van der Waals surface area contributed by atoms with Crippen LogP contribution in [0.2, 0.25) is 0 Å². The first-order valence-corrected chi connectivity index (χ1v) is 5.49. The van der Waals surface area contributed by atoms with Gasteiger partial charge in [-0.15, -0.1) is 0 Å². The van der Waals surface area contributed by atoms with E-state index >= 15 is 0 Å². The van der Waals surface area contributed by atoms with Crippen LogP contribution < -0.4 is 0 Å². The van der Waals surface area contributed by atoms with E-state index in [1.807, 2.05) is 6.26 Å². The zero-order valence-corrected chi connectivity index (χ0v) is 8.75. The molecule has 0 N–H and O–H groups in total. The minimum absolute atomic E-state index is 0.0885. The summed E-state index contributed by atoms with van der Waals surface area (Å²) in [7, 11) is 0. The Labute approximate surface area is 78.1 Å². The minimum Gasteiger partial charge on any atom is -0.244 e. The Morgan fingerprint density at radius 1 is 1.50 bits per heavy atom. The summed E-state index contributed by atoms with van der Waals surface area (Å²) in [4.78, 5) is 0. The monoisotopic (exact) mass is 189 g/mol. The second-order valence-electron chi connectivity index (χ2n) is 3.38. The average Bonchev–Trinajstić information content (AvgIpc) is 2.03. The molecule has 0 aliphatic carbocycles. The van der Waals surface area contributed by atoms with Gasteiger partial charge in [-0.1, -0.05) is 25.8 Å². The Balaban J connectivity index is 2.64. The number of rotatable bonds is 2. The molecule has 1 nitrogen and oxygen atoms in total. The van der Waals surface area contributed by atoms with Crippen LogP contribution in [0.5, 0.6) is 0 Å². The van der Waals surface area contributed by atoms with Crippen LogP contribution in [0, 0.1) is 5.92 Å². The lowest BCUT2D eigenvalue weighted by Crippen LogP contribution is -2.25. The number of nitrogens with zero attached hydrogens (tertiary/aromatic N) is 1. The minimum atomic E-state index is 0.0885. The third-order valence-corrected chi connectivity index (χ3v) is 3.08. The number of hydrogen-bond acceptors (Lipinski definition) is 2. The summed E-state index contributed by atoms with van der Waals surface area (Å²) in [5, 5.41) is 0. The van der Waals surface area contributed by atoms with Crippen molar-refractivity contribution >= 4 is 11.9 Å². The lowest BCUT2D eigenvalue weighted by atomic mass is 9.97. The van der Waals surface area contributed by atoms with E-state index in [-0.39, 0.29) is 5.83 Å². The van der Waals surface area contributed by atoms with E-state index in [0.29, 0.717) is 12.5 Å². The first-order valence-electron chi connectivity index (χ1n) is 4.31. The van der Waals surface area contributed by atoms with Gasteiger partial charge in [-0.05, 0) is 24.2 Å². The first-order chi connectivity index (χ1) is 5.65. The molecular weight excluding hydrogens is 173 g/mol. The van der Waals surface area contributed by atoms with Crippen LogP contribution in [-0.4, -0.2) is 23.7 Å². The predicted octanol–water partition coefficient (Wildman–Crippen LogP) is 2.85. The normalized spacial score (nSPS) is 20.8. The molecule has 0 fully saturated rings. The molecule has 0 atom stereocenters. The van der Waals surface area contributed by atoms with Crippen LogP contribution in [0.1, 0.15) is 20.3 Å². The third kappa shape index (κ3) is 2.23. The fourth-order valence-electron chi connectivity index (χ4n) is 1.47. The van der Waals surface area contributed by atoms with Crippen molar-refractivity contribution < 1.29 is 4.39 Å². The van der Waals surface area contributed by atoms with Crippen molar-refractivity contribution in [2.45, 2.75) is 20.3 Å². The molecule has 0 aromatic rings. The fraction of sp³-hybridized carbons (Fsp3) is 0.778. The van der Waals surface area contributed by atoms with Crippen molar-refractivity contribution in [1.82, 2.24) is 4.31 Å². The molecule has 0 unspecified atom stereocenters. The van der Waals surface area contributed by atoms with Gasteiger partial charge in [0.1, 0.15) is 5.83 Å². The molecule has 0 radical (unpaired) electrons. The quantitative estimate of drug-likeness (QED) is 0.614. The zero-order chi connectivity index (χ0) is 9.14. The lowest BCUT2D eigenvalue weighted by Gasteiger charge is -2.26. The van der Waals surface area contributed by atoms with Crippen LogP contribution in [-0.2, 0) is 0 Å². The van der Waals surface area contributed by atoms with Crippen molar-refractivity contribution in [3.63, 3.8) is 0 Å². The second kappa shape index (κ2) is 4.28. The van der Waals surface area contributed by atoms with Crippen LogP contribution in [0.25, 0.3) is 0 Å². The van der Waals surface area contributed by atoms with E-state index in [2.05, 4.69) is 18.2 Å². The SMILES string of the molecule is CSN1CCC(C(C)C)=C(F)C1. The highest BCUT2D eigenvalue weighted by molar-refractivity contribution is 7.96. The van der Waals surface area contributed by atoms with Crippen molar-refractivity contribution in [3.05, 3.63) is 11.4 Å². The van der Waals surface area contributed by atoms with Gasteiger partial charge in [0, 0.05) is 6.54 Å². The van der Waals surface area contributed by atoms with E-state index in [1.165, 1.54) is 0 Å². The molecule has 1 aliphatic rings. The van der Waals surface area contributed by atoms with Crippen LogP contribution >= 0.6 is 11.9 Å². The standard InChI is InChI=1S/C9H16FNS/c1-7(2)8-4-5-11(12-3)6-9(8)10/h7H,4-6H2,1-3H3. The Morgan fingerprint density at radius 3 is 2.58 bits per heavy atom. The van der Waals surface area contributed by atoms with Crippen molar-refractivity contribution in [3.8, 4) is 0 Å². The molecule has 0 bridgehead atoms. The summed E-state index contributed by atoms with van der Waals surface area (Å²) in [5.74, 6) is 0.458. The highest BCUT2D eigenvalue weighted by Crippen LogP contribution is 2.27. The van der Waals surface area contributed by atoms with Gasteiger partial charge in [0.15, 0.2) is 0 Å². The van der Waals surface area contributed by atoms with Gasteiger partial charge in [-0.3, -0.25) is 0 Å². The van der Waals surface area contributed by atoms with E-state index in [4.69, 9.17) is 0 Å². The largest absolute Gasteiger partial charge is 0.244 e. The summed E-state index contributed by atoms with van der Waals surface area (Å²) < 4.78 is 15.4. The molecular formula is C9H16FNS. The second-order valence-corrected chi connectivity index (χ2v) is 4.26. The van der Waals surface area contributed by atoms with E-state index in [9.17, 15) is 4.39 Å². The molecule has 0 saturated carbocycles. The van der Waals surface area contributed by atoms with Crippen molar-refractivity contribution in [1.29, 1.82) is 0 Å². The van der Waals surface area contributed by atoms with E-state index in [1.54, 1.807) is 11.9 Å². The Hall–Kier alpha value is -0.0200. The molecule has 1 rings (SSSR count). The van der Waals surface area contributed by atoms with Gasteiger partial charge in [-0.25, -0.2) is 8.70 Å². The summed E-state index contributed by atoms with van der Waals surface area (Å²) in [6.45, 7) is 5.60. The topological polar surface area (TPSA) is 3.24 Å². The van der Waals surface area contributed by atoms with Crippen LogP contribution in [0.4, 0.5) is 4.39 Å². The maximum Gasteiger partial charge on any atom is 0.114 e. The molecule has 12 heavy (non-hydrogen) atoms. The van der Waals surface area contributed by atoms with Gasteiger partial charge < -0.3 is 0 Å². The Kier molecular flexibility index (Phi) is 3.59. The molecule has 0 spiro atoms. The van der Waals surface area contributed by atoms with Crippen molar-refractivity contribution in [2.75, 3.05) is 19.3 Å². The molecule has 0 amide bonds. The summed E-state index contributed by atoms with van der Waals surface area (Å²) in [5.41, 5.74) is 1.01. The molecule has 1 aliphatic heterocycles. The van der Waals surface area contributed by atoms with Crippen LogP contribution in [0.3, 0.4) is 0 Å². The number of halogens is 1. The first kappa shape index (κ1) is 10.1. The third-order valence-electron chi connectivity index (χ3n) is 2.25. The molecule has 70 valence electrons. The predicted molar refractivity (Wildman–Crippen MR) is 52.7 cm³/mol. The highest BCUT2D eigenvalue weighted by Gasteiger charge is 2.19. The fourth-order valence-corrected chi connectivity index (χ4v) is 1.99. The number of hydrogen-bond donors (Lipinski definition) is 0. The average molecular weight is 189 g/mol. The van der Waals surface area contributed by atoms with Gasteiger partial charge in [0.05, 0.1) is 6.54 Å². The smallest absolute Gasteiger partial charge is 0.114 e. The Bertz CT molecular complexity index is 189. The van der Waals surface area contributed by atoms with Gasteiger partial charge >= 0.3 is 0 Å². The molecule has 0 saturated heterocycles. The van der Waals surface area contributed by atoms with Crippen molar-refractivity contribution in [2.24, 2.45) is 5.92 Å². The van der Waals surface area contributed by atoms with E-state index < -0.39 is 0 Å². The maximum absolute atomic E-state index is 13.4. The maximum atomic E-state index is 13.4. The highest BCUT2D eigenvalue weighted by atomic mass is 32.2. The molecule has 0 aromatic carbocycles. The summed E-state index contributed by atoms with van der Waals surface area (Å²) in [6, 6.07) is 0. The summed E-state index contributed by atoms with van der Waals surface area (Å²) >= 11 is 1.62. The lowest BCUT2D eigenvalue weighted by molar-refractivity contribution is 0.399. The summed E-state index contributed by atoms with van der Waals surface area (Å²) in [6.07, 6.45) is 2.89. The molecule has 3 heteroatoms. The Morgan fingerprint density at radius 2 is 2.17 bits per heavy atom. The van der Waals surface area contributed by atoms with Gasteiger partial charge in [0.25, 0.3) is 0 Å². The van der Waals surface area contributed by atoms with Gasteiger partial charge in [-0.2, -0.15) is 0 Å². The molecule has 1 heterocycles. The molecule has 0 aromatic heterocycles. The van der Waals surface area contributed by atoms with Gasteiger partial charge in [0.2, 0.25) is 0 Å². The van der Waals surface area contributed by atoms with Crippen LogP contribution in [0.15, 0.2) is 11.4 Å². The zero-order valence-electron chi connectivity index (χ0n) is 7.93. The van der Waals surface area contributed by atoms with E-state index in [0.717, 1.165) is 18.5 Å².